The summed E-state index contributed by atoms with van der Waals surface area (Å²) in [6.07, 6.45) is 6.07. The van der Waals surface area contributed by atoms with Gasteiger partial charge in [-0.25, -0.2) is 9.97 Å². The molecule has 0 unspecified atom stereocenters. The summed E-state index contributed by atoms with van der Waals surface area (Å²) in [4.78, 5) is 8.88. The van der Waals surface area contributed by atoms with Crippen LogP contribution in [0.1, 0.15) is 32.3 Å². The van der Waals surface area contributed by atoms with Gasteiger partial charge in [0.15, 0.2) is 5.16 Å². The molecule has 19 heavy (non-hydrogen) atoms. The molecule has 1 N–H and O–H groups in total. The van der Waals surface area contributed by atoms with E-state index in [0.29, 0.717) is 11.2 Å². The topological polar surface area (TPSA) is 47.0 Å². The van der Waals surface area contributed by atoms with Gasteiger partial charge in [-0.1, -0.05) is 25.6 Å². The highest BCUT2D eigenvalue weighted by Gasteiger charge is 2.16. The third-order valence-corrected chi connectivity index (χ3v) is 4.23. The van der Waals surface area contributed by atoms with Crippen molar-refractivity contribution in [1.82, 2.24) is 15.3 Å². The maximum absolute atomic E-state index is 5.36. The van der Waals surface area contributed by atoms with Gasteiger partial charge in [0.1, 0.15) is 0 Å². The first kappa shape index (κ1) is 14.8. The first-order valence-corrected chi connectivity index (χ1v) is 7.88. The molecule has 0 radical (unpaired) electrons. The Kier molecular flexibility index (Phi) is 6.07. The molecule has 0 aliphatic carbocycles. The predicted octanol–water partition coefficient (Wildman–Crippen LogP) is 2.49. The molecular weight excluding hydrogens is 258 g/mol. The van der Waals surface area contributed by atoms with E-state index < -0.39 is 0 Å². The Bertz CT molecular complexity index is 363. The highest BCUT2D eigenvalue weighted by Crippen LogP contribution is 2.26. The molecule has 1 aromatic heterocycles. The van der Waals surface area contributed by atoms with Crippen molar-refractivity contribution in [2.75, 3.05) is 19.8 Å². The van der Waals surface area contributed by atoms with Crippen LogP contribution in [-0.4, -0.2) is 35.0 Å². The summed E-state index contributed by atoms with van der Waals surface area (Å²) in [6, 6.07) is 0. The van der Waals surface area contributed by atoms with Gasteiger partial charge in [0.25, 0.3) is 0 Å². The number of thioether (sulfide) groups is 1. The van der Waals surface area contributed by atoms with Crippen molar-refractivity contribution in [3.05, 3.63) is 18.0 Å². The number of nitrogens with zero attached hydrogens (tertiary/aromatic N) is 2. The number of ether oxygens (including phenoxy) is 1. The number of hydrogen-bond acceptors (Lipinski definition) is 5. The van der Waals surface area contributed by atoms with Crippen LogP contribution in [0.3, 0.4) is 0 Å². The average molecular weight is 281 g/mol. The van der Waals surface area contributed by atoms with Gasteiger partial charge in [-0.3, -0.25) is 0 Å². The molecule has 106 valence electrons. The summed E-state index contributed by atoms with van der Waals surface area (Å²) < 4.78 is 5.36. The smallest absolute Gasteiger partial charge is 0.187 e. The minimum absolute atomic E-state index is 0.610. The minimum Gasteiger partial charge on any atom is -0.381 e. The quantitative estimate of drug-likeness (QED) is 0.812. The van der Waals surface area contributed by atoms with Crippen molar-refractivity contribution in [3.63, 3.8) is 0 Å². The average Bonchev–Trinajstić information content (AvgIpc) is 2.42. The zero-order valence-corrected chi connectivity index (χ0v) is 12.6. The molecule has 0 atom stereocenters. The zero-order chi connectivity index (χ0) is 13.5. The fourth-order valence-corrected chi connectivity index (χ4v) is 2.90. The summed E-state index contributed by atoms with van der Waals surface area (Å²) in [5, 5.41) is 4.90. The molecule has 1 aromatic rings. The van der Waals surface area contributed by atoms with Crippen LogP contribution in [0.25, 0.3) is 0 Å². The van der Waals surface area contributed by atoms with E-state index in [1.54, 1.807) is 11.8 Å². The molecule has 0 aromatic carbocycles. The lowest BCUT2D eigenvalue weighted by Gasteiger charge is -2.20. The van der Waals surface area contributed by atoms with Crippen molar-refractivity contribution in [1.29, 1.82) is 0 Å². The van der Waals surface area contributed by atoms with Gasteiger partial charge < -0.3 is 10.1 Å². The van der Waals surface area contributed by atoms with Gasteiger partial charge in [0.05, 0.1) is 0 Å². The molecule has 1 aliphatic rings. The molecule has 2 heterocycles. The Morgan fingerprint density at radius 1 is 1.32 bits per heavy atom. The molecule has 1 aliphatic heterocycles. The number of rotatable bonds is 6. The molecule has 1 saturated heterocycles. The largest absolute Gasteiger partial charge is 0.381 e. The Hall–Kier alpha value is -0.650. The second-order valence-electron chi connectivity index (χ2n) is 5.33. The molecule has 0 bridgehead atoms. The summed E-state index contributed by atoms with van der Waals surface area (Å²) >= 11 is 1.78. The lowest BCUT2D eigenvalue weighted by atomic mass is 10.2. The van der Waals surface area contributed by atoms with Crippen LogP contribution in [0.4, 0.5) is 0 Å². The summed E-state index contributed by atoms with van der Waals surface area (Å²) in [6.45, 7) is 8.02. The van der Waals surface area contributed by atoms with Gasteiger partial charge in [0.2, 0.25) is 0 Å². The standard InChI is InChI=1S/C14H23N3OS/c1-11(2)7-15-8-12-9-16-14(17-10-12)19-13-3-5-18-6-4-13/h9-11,13,15H,3-8H2,1-2H3. The molecule has 1 fully saturated rings. The van der Waals surface area contributed by atoms with Crippen LogP contribution in [-0.2, 0) is 11.3 Å². The van der Waals surface area contributed by atoms with Crippen LogP contribution in [0.15, 0.2) is 17.6 Å². The third-order valence-electron chi connectivity index (χ3n) is 3.00. The highest BCUT2D eigenvalue weighted by atomic mass is 32.2. The van der Waals surface area contributed by atoms with Crippen molar-refractivity contribution >= 4 is 11.8 Å². The summed E-state index contributed by atoms with van der Waals surface area (Å²) in [5.74, 6) is 0.671. The van der Waals surface area contributed by atoms with Crippen LogP contribution >= 0.6 is 11.8 Å². The minimum atomic E-state index is 0.610. The number of hydrogen-bond donors (Lipinski definition) is 1. The second-order valence-corrected chi connectivity index (χ2v) is 6.60. The molecule has 0 amide bonds. The van der Waals surface area contributed by atoms with Gasteiger partial charge >= 0.3 is 0 Å². The molecule has 5 heteroatoms. The molecule has 4 nitrogen and oxygen atoms in total. The number of aromatic nitrogens is 2. The van der Waals surface area contributed by atoms with E-state index >= 15 is 0 Å². The van der Waals surface area contributed by atoms with Crippen molar-refractivity contribution < 1.29 is 4.74 Å². The van der Waals surface area contributed by atoms with E-state index in [-0.39, 0.29) is 0 Å². The molecule has 2 rings (SSSR count). The third kappa shape index (κ3) is 5.47. The van der Waals surface area contributed by atoms with Crippen LogP contribution in [0.5, 0.6) is 0 Å². The van der Waals surface area contributed by atoms with E-state index in [2.05, 4.69) is 29.1 Å². The van der Waals surface area contributed by atoms with Crippen LogP contribution in [0, 0.1) is 5.92 Å². The maximum Gasteiger partial charge on any atom is 0.187 e. The Morgan fingerprint density at radius 2 is 2.00 bits per heavy atom. The van der Waals surface area contributed by atoms with Gasteiger partial charge in [-0.2, -0.15) is 0 Å². The monoisotopic (exact) mass is 281 g/mol. The van der Waals surface area contributed by atoms with Gasteiger partial charge in [0, 0.05) is 43.0 Å². The fraction of sp³-hybridized carbons (Fsp3) is 0.714. The molecule has 0 saturated carbocycles. The SMILES string of the molecule is CC(C)CNCc1cnc(SC2CCOCC2)nc1. The highest BCUT2D eigenvalue weighted by molar-refractivity contribution is 7.99. The lowest BCUT2D eigenvalue weighted by molar-refractivity contribution is 0.1000. The van der Waals surface area contributed by atoms with E-state index in [4.69, 9.17) is 4.74 Å². The molecular formula is C14H23N3OS. The van der Waals surface area contributed by atoms with E-state index in [1.807, 2.05) is 12.4 Å². The molecule has 0 spiro atoms. The van der Waals surface area contributed by atoms with E-state index in [1.165, 1.54) is 0 Å². The fourth-order valence-electron chi connectivity index (χ4n) is 1.94. The zero-order valence-electron chi connectivity index (χ0n) is 11.8. The number of nitrogens with one attached hydrogen (secondary N) is 1. The maximum atomic E-state index is 5.36. The van der Waals surface area contributed by atoms with Crippen molar-refractivity contribution in [2.24, 2.45) is 5.92 Å². The Morgan fingerprint density at radius 3 is 2.63 bits per heavy atom. The Balaban J connectivity index is 1.77. The first-order chi connectivity index (χ1) is 9.24. The normalized spacial score (nSPS) is 17.0. The van der Waals surface area contributed by atoms with E-state index in [0.717, 1.165) is 49.9 Å². The summed E-state index contributed by atoms with van der Waals surface area (Å²) in [7, 11) is 0. The van der Waals surface area contributed by atoms with Crippen LogP contribution < -0.4 is 5.32 Å². The van der Waals surface area contributed by atoms with Gasteiger partial charge in [-0.05, 0) is 25.3 Å². The Labute approximate surface area is 119 Å². The predicted molar refractivity (Wildman–Crippen MR) is 78.3 cm³/mol. The van der Waals surface area contributed by atoms with Crippen LogP contribution in [0.2, 0.25) is 0 Å². The first-order valence-electron chi connectivity index (χ1n) is 7.00. The second kappa shape index (κ2) is 7.82. The lowest BCUT2D eigenvalue weighted by Crippen LogP contribution is -2.19. The summed E-state index contributed by atoms with van der Waals surface area (Å²) in [5.41, 5.74) is 1.15. The van der Waals surface area contributed by atoms with E-state index in [9.17, 15) is 0 Å². The van der Waals surface area contributed by atoms with Gasteiger partial charge in [-0.15, -0.1) is 0 Å². The van der Waals surface area contributed by atoms with Crippen molar-refractivity contribution in [3.8, 4) is 0 Å². The van der Waals surface area contributed by atoms with Crippen molar-refractivity contribution in [2.45, 2.75) is 43.6 Å².